The molecule has 0 spiro atoms. The SMILES string of the molecule is CN1CCC(OC(=O)Cc2coc3ccc4ccccc4c23)CC1. The van der Waals surface area contributed by atoms with E-state index in [2.05, 4.69) is 24.1 Å². The van der Waals surface area contributed by atoms with Crippen molar-refractivity contribution in [2.45, 2.75) is 25.4 Å². The molecule has 0 amide bonds. The molecule has 0 saturated carbocycles. The standard InChI is InChI=1S/C20H21NO3/c1-21-10-8-16(9-11-21)24-19(22)12-15-13-23-18-7-6-14-4-2-3-5-17(14)20(15)18/h2-7,13,16H,8-12H2,1H3. The van der Waals surface area contributed by atoms with Crippen LogP contribution in [-0.4, -0.2) is 37.1 Å². The topological polar surface area (TPSA) is 42.7 Å². The van der Waals surface area contributed by atoms with E-state index < -0.39 is 0 Å². The second-order valence-corrected chi connectivity index (χ2v) is 6.59. The number of fused-ring (bicyclic) bond motifs is 3. The first-order valence-corrected chi connectivity index (χ1v) is 8.46. The van der Waals surface area contributed by atoms with Crippen molar-refractivity contribution in [1.82, 2.24) is 4.90 Å². The van der Waals surface area contributed by atoms with Gasteiger partial charge in [0.2, 0.25) is 0 Å². The Morgan fingerprint density at radius 1 is 1.21 bits per heavy atom. The van der Waals surface area contributed by atoms with Gasteiger partial charge in [0.15, 0.2) is 0 Å². The summed E-state index contributed by atoms with van der Waals surface area (Å²) in [5.74, 6) is -0.166. The minimum absolute atomic E-state index is 0.0450. The molecule has 1 aromatic heterocycles. The molecular formula is C20H21NO3. The highest BCUT2D eigenvalue weighted by molar-refractivity contribution is 6.08. The van der Waals surface area contributed by atoms with Gasteiger partial charge in [-0.25, -0.2) is 0 Å². The van der Waals surface area contributed by atoms with Gasteiger partial charge >= 0.3 is 5.97 Å². The van der Waals surface area contributed by atoms with Gasteiger partial charge in [-0.3, -0.25) is 4.79 Å². The monoisotopic (exact) mass is 323 g/mol. The first kappa shape index (κ1) is 15.2. The molecule has 2 heterocycles. The average molecular weight is 323 g/mol. The van der Waals surface area contributed by atoms with Gasteiger partial charge in [-0.1, -0.05) is 30.3 Å². The first-order valence-electron chi connectivity index (χ1n) is 8.46. The van der Waals surface area contributed by atoms with Crippen molar-refractivity contribution in [2.24, 2.45) is 0 Å². The molecule has 4 heteroatoms. The van der Waals surface area contributed by atoms with Crippen molar-refractivity contribution in [3.63, 3.8) is 0 Å². The van der Waals surface area contributed by atoms with E-state index in [0.717, 1.165) is 53.2 Å². The van der Waals surface area contributed by atoms with E-state index in [9.17, 15) is 4.79 Å². The van der Waals surface area contributed by atoms with Crippen molar-refractivity contribution in [1.29, 1.82) is 0 Å². The quantitative estimate of drug-likeness (QED) is 0.688. The maximum absolute atomic E-state index is 12.4. The van der Waals surface area contributed by atoms with Crippen LogP contribution in [0.15, 0.2) is 47.1 Å². The minimum Gasteiger partial charge on any atom is -0.464 e. The maximum atomic E-state index is 12.4. The number of benzene rings is 2. The van der Waals surface area contributed by atoms with Gasteiger partial charge in [-0.05, 0) is 36.7 Å². The molecule has 124 valence electrons. The molecule has 0 N–H and O–H groups in total. The van der Waals surface area contributed by atoms with Gasteiger partial charge in [-0.2, -0.15) is 0 Å². The number of hydrogen-bond acceptors (Lipinski definition) is 4. The zero-order valence-corrected chi connectivity index (χ0v) is 13.8. The van der Waals surface area contributed by atoms with Crippen LogP contribution < -0.4 is 0 Å². The number of nitrogens with zero attached hydrogens (tertiary/aromatic N) is 1. The molecule has 1 saturated heterocycles. The van der Waals surface area contributed by atoms with Crippen LogP contribution in [0.3, 0.4) is 0 Å². The van der Waals surface area contributed by atoms with E-state index in [1.807, 2.05) is 24.3 Å². The Bertz CT molecular complexity index is 875. The first-order chi connectivity index (χ1) is 11.7. The third-order valence-electron chi connectivity index (χ3n) is 4.84. The number of likely N-dealkylation sites (tertiary alicyclic amines) is 1. The fraction of sp³-hybridized carbons (Fsp3) is 0.350. The lowest BCUT2D eigenvalue weighted by molar-refractivity contribution is -0.150. The molecule has 2 aromatic carbocycles. The zero-order valence-electron chi connectivity index (χ0n) is 13.8. The lowest BCUT2D eigenvalue weighted by Crippen LogP contribution is -2.35. The van der Waals surface area contributed by atoms with Crippen LogP contribution in [0, 0.1) is 0 Å². The van der Waals surface area contributed by atoms with Crippen molar-refractivity contribution < 1.29 is 13.9 Å². The summed E-state index contributed by atoms with van der Waals surface area (Å²) >= 11 is 0. The summed E-state index contributed by atoms with van der Waals surface area (Å²) in [6.07, 6.45) is 3.82. The average Bonchev–Trinajstić information content (AvgIpc) is 3.00. The van der Waals surface area contributed by atoms with Crippen LogP contribution in [0.25, 0.3) is 21.7 Å². The summed E-state index contributed by atoms with van der Waals surface area (Å²) in [4.78, 5) is 14.6. The summed E-state index contributed by atoms with van der Waals surface area (Å²) in [6.45, 7) is 1.97. The summed E-state index contributed by atoms with van der Waals surface area (Å²) in [5.41, 5.74) is 1.72. The smallest absolute Gasteiger partial charge is 0.310 e. The molecule has 24 heavy (non-hydrogen) atoms. The molecule has 0 aliphatic carbocycles. The van der Waals surface area contributed by atoms with Gasteiger partial charge in [0.1, 0.15) is 11.7 Å². The maximum Gasteiger partial charge on any atom is 0.310 e. The van der Waals surface area contributed by atoms with E-state index in [0.29, 0.717) is 0 Å². The number of ether oxygens (including phenoxy) is 1. The molecule has 3 aromatic rings. The summed E-state index contributed by atoms with van der Waals surface area (Å²) in [6, 6.07) is 12.2. The van der Waals surface area contributed by atoms with E-state index in [4.69, 9.17) is 9.15 Å². The second-order valence-electron chi connectivity index (χ2n) is 6.59. The highest BCUT2D eigenvalue weighted by Gasteiger charge is 2.21. The third kappa shape index (κ3) is 2.89. The second kappa shape index (κ2) is 6.29. The van der Waals surface area contributed by atoms with E-state index >= 15 is 0 Å². The third-order valence-corrected chi connectivity index (χ3v) is 4.84. The highest BCUT2D eigenvalue weighted by atomic mass is 16.5. The number of carbonyl (C=O) groups excluding carboxylic acids is 1. The molecule has 1 fully saturated rings. The van der Waals surface area contributed by atoms with Crippen LogP contribution >= 0.6 is 0 Å². The number of piperidine rings is 1. The predicted molar refractivity (Wildman–Crippen MR) is 94.0 cm³/mol. The molecule has 1 aliphatic heterocycles. The summed E-state index contributed by atoms with van der Waals surface area (Å²) in [7, 11) is 2.10. The molecule has 4 nitrogen and oxygen atoms in total. The Hall–Kier alpha value is -2.33. The molecule has 4 rings (SSSR count). The van der Waals surface area contributed by atoms with Crippen LogP contribution in [0.4, 0.5) is 0 Å². The van der Waals surface area contributed by atoms with Gasteiger partial charge in [0.25, 0.3) is 0 Å². The van der Waals surface area contributed by atoms with E-state index in [-0.39, 0.29) is 18.5 Å². The van der Waals surface area contributed by atoms with Gasteiger partial charge in [-0.15, -0.1) is 0 Å². The predicted octanol–water partition coefficient (Wildman–Crippen LogP) is 3.77. The Morgan fingerprint density at radius 3 is 2.83 bits per heavy atom. The fourth-order valence-electron chi connectivity index (χ4n) is 3.49. The van der Waals surface area contributed by atoms with Gasteiger partial charge in [0, 0.05) is 24.0 Å². The highest BCUT2D eigenvalue weighted by Crippen LogP contribution is 2.30. The molecular weight excluding hydrogens is 302 g/mol. The number of esters is 1. The van der Waals surface area contributed by atoms with E-state index in [1.165, 1.54) is 0 Å². The Kier molecular flexibility index (Phi) is 3.98. The molecule has 0 unspecified atom stereocenters. The Labute approximate surface area is 141 Å². The summed E-state index contributed by atoms with van der Waals surface area (Å²) < 4.78 is 11.3. The number of hydrogen-bond donors (Lipinski definition) is 0. The minimum atomic E-state index is -0.166. The van der Waals surface area contributed by atoms with Crippen LogP contribution in [0.5, 0.6) is 0 Å². The lowest BCUT2D eigenvalue weighted by Gasteiger charge is -2.28. The molecule has 0 atom stereocenters. The van der Waals surface area contributed by atoms with Crippen LogP contribution in [0.1, 0.15) is 18.4 Å². The molecule has 0 bridgehead atoms. The number of furan rings is 1. The Balaban J connectivity index is 1.56. The van der Waals surface area contributed by atoms with Gasteiger partial charge < -0.3 is 14.1 Å². The normalized spacial score (nSPS) is 16.7. The van der Waals surface area contributed by atoms with E-state index in [1.54, 1.807) is 6.26 Å². The van der Waals surface area contributed by atoms with Crippen molar-refractivity contribution in [2.75, 3.05) is 20.1 Å². The fourth-order valence-corrected chi connectivity index (χ4v) is 3.49. The van der Waals surface area contributed by atoms with Crippen molar-refractivity contribution in [3.8, 4) is 0 Å². The lowest BCUT2D eigenvalue weighted by atomic mass is 10.0. The van der Waals surface area contributed by atoms with Crippen LogP contribution in [0.2, 0.25) is 0 Å². The van der Waals surface area contributed by atoms with Crippen molar-refractivity contribution in [3.05, 3.63) is 48.2 Å². The largest absolute Gasteiger partial charge is 0.464 e. The zero-order chi connectivity index (χ0) is 16.5. The van der Waals surface area contributed by atoms with Crippen molar-refractivity contribution >= 4 is 27.7 Å². The molecule has 0 radical (unpaired) electrons. The number of carbonyl (C=O) groups is 1. The van der Waals surface area contributed by atoms with Crippen LogP contribution in [-0.2, 0) is 16.0 Å². The summed E-state index contributed by atoms with van der Waals surface area (Å²) in [5, 5.41) is 3.29. The number of rotatable bonds is 3. The Morgan fingerprint density at radius 2 is 2.00 bits per heavy atom. The van der Waals surface area contributed by atoms with Gasteiger partial charge in [0.05, 0.1) is 12.7 Å². The molecule has 1 aliphatic rings.